The predicted molar refractivity (Wildman–Crippen MR) is 83.2 cm³/mol. The topological polar surface area (TPSA) is 64.0 Å². The summed E-state index contributed by atoms with van der Waals surface area (Å²) in [6.07, 6.45) is 6.06. The number of unbranched alkanes of at least 4 members (excludes halogenated alkanes) is 3. The Balaban J connectivity index is 1.95. The molecule has 0 radical (unpaired) electrons. The molecule has 5 heteroatoms. The average Bonchev–Trinajstić information content (AvgIpc) is 2.50. The minimum Gasteiger partial charge on any atom is -0.354 e. The van der Waals surface area contributed by atoms with Crippen molar-refractivity contribution in [2.24, 2.45) is 0 Å². The largest absolute Gasteiger partial charge is 0.354 e. The Hall–Kier alpha value is -2.17. The molecular weight excluding hydrogens is 266 g/mol. The van der Waals surface area contributed by atoms with Gasteiger partial charge in [0.1, 0.15) is 6.54 Å². The van der Waals surface area contributed by atoms with Gasteiger partial charge in [-0.1, -0.05) is 44.4 Å². The van der Waals surface area contributed by atoms with Gasteiger partial charge in [0, 0.05) is 11.9 Å². The summed E-state index contributed by atoms with van der Waals surface area (Å²) in [5.74, 6) is -0.170. The summed E-state index contributed by atoms with van der Waals surface area (Å²) in [6.45, 7) is 2.77. The number of hydrogen-bond donors (Lipinski definition) is 1. The van der Waals surface area contributed by atoms with Gasteiger partial charge in [-0.3, -0.25) is 9.59 Å². The summed E-state index contributed by atoms with van der Waals surface area (Å²) in [7, 11) is 0. The molecule has 0 spiro atoms. The smallest absolute Gasteiger partial charge is 0.275 e. The maximum absolute atomic E-state index is 12.2. The van der Waals surface area contributed by atoms with Crippen LogP contribution in [0, 0.1) is 0 Å². The van der Waals surface area contributed by atoms with Crippen LogP contribution in [0.2, 0.25) is 0 Å². The molecule has 1 N–H and O–H groups in total. The van der Waals surface area contributed by atoms with Crippen LogP contribution in [-0.2, 0) is 11.3 Å². The first kappa shape index (κ1) is 15.2. The molecule has 1 heterocycles. The number of carbonyl (C=O) groups is 1. The molecule has 2 aromatic rings. The lowest BCUT2D eigenvalue weighted by atomic mass is 10.2. The summed E-state index contributed by atoms with van der Waals surface area (Å²) in [4.78, 5) is 24.0. The Morgan fingerprint density at radius 1 is 1.24 bits per heavy atom. The van der Waals surface area contributed by atoms with E-state index < -0.39 is 0 Å². The summed E-state index contributed by atoms with van der Waals surface area (Å²) in [6, 6.07) is 7.25. The molecule has 0 bridgehead atoms. The zero-order valence-electron chi connectivity index (χ0n) is 12.3. The van der Waals surface area contributed by atoms with E-state index in [1.165, 1.54) is 17.5 Å². The van der Waals surface area contributed by atoms with Crippen LogP contribution < -0.4 is 10.9 Å². The summed E-state index contributed by atoms with van der Waals surface area (Å²) < 4.78 is 1.21. The van der Waals surface area contributed by atoms with E-state index in [0.717, 1.165) is 18.2 Å². The highest BCUT2D eigenvalue weighted by atomic mass is 16.2. The summed E-state index contributed by atoms with van der Waals surface area (Å²) in [5, 5.41) is 8.25. The third kappa shape index (κ3) is 4.15. The van der Waals surface area contributed by atoms with Gasteiger partial charge < -0.3 is 5.32 Å². The first-order chi connectivity index (χ1) is 10.2. The van der Waals surface area contributed by atoms with Gasteiger partial charge >= 0.3 is 0 Å². The second-order valence-electron chi connectivity index (χ2n) is 5.11. The van der Waals surface area contributed by atoms with Crippen LogP contribution >= 0.6 is 0 Å². The molecule has 0 aliphatic carbocycles. The molecular formula is C16H21N3O2. The van der Waals surface area contributed by atoms with Gasteiger partial charge in [0.2, 0.25) is 5.91 Å². The quantitative estimate of drug-likeness (QED) is 0.793. The van der Waals surface area contributed by atoms with Crippen LogP contribution in [0.4, 0.5) is 0 Å². The van der Waals surface area contributed by atoms with Crippen LogP contribution in [0.3, 0.4) is 0 Å². The Morgan fingerprint density at radius 2 is 2.05 bits per heavy atom. The van der Waals surface area contributed by atoms with Crippen molar-refractivity contribution in [3.63, 3.8) is 0 Å². The molecule has 1 aromatic carbocycles. The van der Waals surface area contributed by atoms with Crippen molar-refractivity contribution >= 4 is 16.7 Å². The maximum atomic E-state index is 12.2. The van der Waals surface area contributed by atoms with E-state index in [4.69, 9.17) is 0 Å². The molecule has 2 rings (SSSR count). The number of rotatable bonds is 7. The van der Waals surface area contributed by atoms with E-state index >= 15 is 0 Å². The highest BCUT2D eigenvalue weighted by Gasteiger charge is 2.07. The van der Waals surface area contributed by atoms with Crippen molar-refractivity contribution in [3.8, 4) is 0 Å². The van der Waals surface area contributed by atoms with Crippen molar-refractivity contribution in [1.82, 2.24) is 15.1 Å². The van der Waals surface area contributed by atoms with E-state index in [1.54, 1.807) is 12.3 Å². The molecule has 0 unspecified atom stereocenters. The predicted octanol–water partition coefficient (Wildman–Crippen LogP) is 2.09. The Labute approximate surface area is 124 Å². The van der Waals surface area contributed by atoms with Crippen LogP contribution in [0.1, 0.15) is 32.6 Å². The lowest BCUT2D eigenvalue weighted by molar-refractivity contribution is -0.121. The van der Waals surface area contributed by atoms with Gasteiger partial charge in [-0.05, 0) is 12.5 Å². The number of nitrogens with zero attached hydrogens (tertiary/aromatic N) is 2. The first-order valence-electron chi connectivity index (χ1n) is 7.44. The zero-order chi connectivity index (χ0) is 15.1. The number of hydrogen-bond acceptors (Lipinski definition) is 3. The fraction of sp³-hybridized carbons (Fsp3) is 0.438. The molecule has 0 saturated heterocycles. The standard InChI is InChI=1S/C16H21N3O2/c1-2-3-4-7-10-17-15(20)12-19-16(21)14-9-6-5-8-13(14)11-18-19/h5-6,8-9,11H,2-4,7,10,12H2,1H3,(H,17,20). The van der Waals surface area contributed by atoms with Gasteiger partial charge in [0.05, 0.1) is 11.6 Å². The first-order valence-corrected chi connectivity index (χ1v) is 7.44. The fourth-order valence-corrected chi connectivity index (χ4v) is 2.21. The second-order valence-corrected chi connectivity index (χ2v) is 5.11. The number of benzene rings is 1. The highest BCUT2D eigenvalue weighted by molar-refractivity contribution is 5.81. The maximum Gasteiger partial charge on any atom is 0.275 e. The number of amides is 1. The van der Waals surface area contributed by atoms with Crippen LogP contribution in [-0.4, -0.2) is 22.2 Å². The highest BCUT2D eigenvalue weighted by Crippen LogP contribution is 2.06. The van der Waals surface area contributed by atoms with Crippen molar-refractivity contribution in [1.29, 1.82) is 0 Å². The molecule has 0 fully saturated rings. The van der Waals surface area contributed by atoms with E-state index in [0.29, 0.717) is 11.9 Å². The van der Waals surface area contributed by atoms with Crippen LogP contribution in [0.15, 0.2) is 35.3 Å². The number of fused-ring (bicyclic) bond motifs is 1. The Kier molecular flexibility index (Phi) is 5.49. The van der Waals surface area contributed by atoms with E-state index in [-0.39, 0.29) is 18.0 Å². The fourth-order valence-electron chi connectivity index (χ4n) is 2.21. The van der Waals surface area contributed by atoms with Crippen molar-refractivity contribution in [2.45, 2.75) is 39.2 Å². The minimum absolute atomic E-state index is 0.0303. The van der Waals surface area contributed by atoms with E-state index in [1.807, 2.05) is 18.2 Å². The normalized spacial score (nSPS) is 10.7. The molecule has 5 nitrogen and oxygen atoms in total. The number of aromatic nitrogens is 2. The molecule has 1 aromatic heterocycles. The Bertz CT molecular complexity index is 664. The van der Waals surface area contributed by atoms with Gasteiger partial charge in [0.25, 0.3) is 5.56 Å². The lowest BCUT2D eigenvalue weighted by Crippen LogP contribution is -2.34. The monoisotopic (exact) mass is 287 g/mol. The average molecular weight is 287 g/mol. The number of carbonyl (C=O) groups excluding carboxylic acids is 1. The zero-order valence-corrected chi connectivity index (χ0v) is 12.3. The van der Waals surface area contributed by atoms with Crippen molar-refractivity contribution < 1.29 is 4.79 Å². The third-order valence-electron chi connectivity index (χ3n) is 3.41. The van der Waals surface area contributed by atoms with Gasteiger partial charge in [-0.25, -0.2) is 4.68 Å². The molecule has 21 heavy (non-hydrogen) atoms. The van der Waals surface area contributed by atoms with Gasteiger partial charge in [-0.2, -0.15) is 5.10 Å². The van der Waals surface area contributed by atoms with E-state index in [2.05, 4.69) is 17.3 Å². The molecule has 0 saturated carbocycles. The van der Waals surface area contributed by atoms with Gasteiger partial charge in [-0.15, -0.1) is 0 Å². The molecule has 112 valence electrons. The minimum atomic E-state index is -0.228. The van der Waals surface area contributed by atoms with Crippen molar-refractivity contribution in [2.75, 3.05) is 6.54 Å². The van der Waals surface area contributed by atoms with E-state index in [9.17, 15) is 9.59 Å². The third-order valence-corrected chi connectivity index (χ3v) is 3.41. The van der Waals surface area contributed by atoms with Crippen molar-refractivity contribution in [3.05, 3.63) is 40.8 Å². The summed E-state index contributed by atoms with van der Waals surface area (Å²) >= 11 is 0. The molecule has 0 aliphatic rings. The molecule has 0 aliphatic heterocycles. The van der Waals surface area contributed by atoms with Crippen LogP contribution in [0.25, 0.3) is 10.8 Å². The lowest BCUT2D eigenvalue weighted by Gasteiger charge is -2.07. The molecule has 0 atom stereocenters. The van der Waals surface area contributed by atoms with Crippen LogP contribution in [0.5, 0.6) is 0 Å². The Morgan fingerprint density at radius 3 is 2.86 bits per heavy atom. The molecule has 1 amide bonds. The SMILES string of the molecule is CCCCCCNC(=O)Cn1ncc2ccccc2c1=O. The van der Waals surface area contributed by atoms with Gasteiger partial charge in [0.15, 0.2) is 0 Å². The number of nitrogens with one attached hydrogen (secondary N) is 1. The second kappa shape index (κ2) is 7.57. The summed E-state index contributed by atoms with van der Waals surface area (Å²) in [5.41, 5.74) is -0.228.